The molecule has 0 saturated heterocycles. The molecule has 116 valence electrons. The number of halogens is 3. The number of amides is 1. The fraction of sp³-hybridized carbons (Fsp3) is 0.417. The highest BCUT2D eigenvalue weighted by molar-refractivity contribution is 9.10. The van der Waals surface area contributed by atoms with Gasteiger partial charge in [-0.3, -0.25) is 4.79 Å². The summed E-state index contributed by atoms with van der Waals surface area (Å²) in [5, 5.41) is 2.70. The van der Waals surface area contributed by atoms with E-state index in [1.807, 2.05) is 0 Å². The normalized spacial score (nSPS) is 15.0. The minimum Gasteiger partial charge on any atom is -0.353 e. The second-order valence-electron chi connectivity index (χ2n) is 4.69. The van der Waals surface area contributed by atoms with Crippen LogP contribution in [0.2, 0.25) is 0 Å². The quantitative estimate of drug-likeness (QED) is 0.785. The predicted molar refractivity (Wildman–Crippen MR) is 75.0 cm³/mol. The average Bonchev–Trinajstić information content (AvgIpc) is 3.10. The molecule has 0 radical (unpaired) electrons. The fourth-order valence-electron chi connectivity index (χ4n) is 1.68. The smallest absolute Gasteiger partial charge is 0.244 e. The number of nitrogens with one attached hydrogen (secondary N) is 2. The Morgan fingerprint density at radius 2 is 2.00 bits per heavy atom. The van der Waals surface area contributed by atoms with Crippen LogP contribution in [0.4, 0.5) is 8.78 Å². The van der Waals surface area contributed by atoms with Crippen molar-refractivity contribution in [2.75, 3.05) is 6.54 Å². The van der Waals surface area contributed by atoms with E-state index in [4.69, 9.17) is 0 Å². The van der Waals surface area contributed by atoms with Crippen LogP contribution in [0.1, 0.15) is 19.3 Å². The monoisotopic (exact) mass is 382 g/mol. The maximum absolute atomic E-state index is 13.6. The van der Waals surface area contributed by atoms with Crippen LogP contribution in [-0.4, -0.2) is 26.9 Å². The molecule has 0 atom stereocenters. The minimum atomic E-state index is -4.17. The lowest BCUT2D eigenvalue weighted by Gasteiger charge is -2.09. The van der Waals surface area contributed by atoms with Gasteiger partial charge >= 0.3 is 0 Å². The molecule has 1 amide bonds. The summed E-state index contributed by atoms with van der Waals surface area (Å²) >= 11 is 2.82. The molecule has 0 aromatic heterocycles. The zero-order valence-electron chi connectivity index (χ0n) is 10.8. The van der Waals surface area contributed by atoms with E-state index in [1.165, 1.54) is 0 Å². The summed E-state index contributed by atoms with van der Waals surface area (Å²) in [6, 6.07) is 1.54. The first-order chi connectivity index (χ1) is 9.79. The molecule has 0 aliphatic heterocycles. The number of carbonyl (C=O) groups is 1. The van der Waals surface area contributed by atoms with E-state index in [2.05, 4.69) is 26.0 Å². The molecule has 1 aliphatic rings. The van der Waals surface area contributed by atoms with Crippen molar-refractivity contribution in [3.05, 3.63) is 28.2 Å². The van der Waals surface area contributed by atoms with Crippen molar-refractivity contribution in [3.63, 3.8) is 0 Å². The lowest BCUT2D eigenvalue weighted by Crippen LogP contribution is -2.32. The van der Waals surface area contributed by atoms with Gasteiger partial charge in [-0.1, -0.05) is 0 Å². The fourth-order valence-corrected chi connectivity index (χ4v) is 3.88. The van der Waals surface area contributed by atoms with Gasteiger partial charge in [0.15, 0.2) is 0 Å². The van der Waals surface area contributed by atoms with Crippen molar-refractivity contribution in [2.45, 2.75) is 30.2 Å². The molecule has 2 N–H and O–H groups in total. The Kier molecular flexibility index (Phi) is 4.95. The minimum absolute atomic E-state index is 0.0455. The van der Waals surface area contributed by atoms with Crippen molar-refractivity contribution in [2.24, 2.45) is 0 Å². The van der Waals surface area contributed by atoms with Gasteiger partial charge in [0, 0.05) is 29.5 Å². The number of hydrogen-bond acceptors (Lipinski definition) is 3. The van der Waals surface area contributed by atoms with E-state index in [1.54, 1.807) is 0 Å². The average molecular weight is 383 g/mol. The largest absolute Gasteiger partial charge is 0.353 e. The number of sulfonamides is 1. The van der Waals surface area contributed by atoms with E-state index in [-0.39, 0.29) is 29.4 Å². The molecule has 0 heterocycles. The third-order valence-electron chi connectivity index (χ3n) is 2.82. The van der Waals surface area contributed by atoms with Crippen LogP contribution in [0, 0.1) is 11.6 Å². The first-order valence-corrected chi connectivity index (χ1v) is 8.51. The van der Waals surface area contributed by atoms with Crippen molar-refractivity contribution >= 4 is 31.9 Å². The first-order valence-electron chi connectivity index (χ1n) is 6.23. The second kappa shape index (κ2) is 6.37. The first kappa shape index (κ1) is 16.3. The molecule has 0 unspecified atom stereocenters. The predicted octanol–water partition coefficient (Wildman–Crippen LogP) is 1.67. The van der Waals surface area contributed by atoms with Crippen LogP contribution in [0.5, 0.6) is 0 Å². The Balaban J connectivity index is 1.99. The maximum Gasteiger partial charge on any atom is 0.244 e. The van der Waals surface area contributed by atoms with Crippen molar-refractivity contribution in [3.8, 4) is 0 Å². The van der Waals surface area contributed by atoms with Crippen LogP contribution in [0.15, 0.2) is 21.5 Å². The van der Waals surface area contributed by atoms with Crippen molar-refractivity contribution in [1.82, 2.24) is 10.0 Å². The Morgan fingerprint density at radius 3 is 2.57 bits per heavy atom. The molecular formula is C12H13BrF2N2O3S. The Bertz CT molecular complexity index is 639. The van der Waals surface area contributed by atoms with Crippen LogP contribution >= 0.6 is 15.9 Å². The molecule has 2 rings (SSSR count). The third kappa shape index (κ3) is 4.45. The number of carbonyl (C=O) groups excluding carboxylic acids is 1. The molecule has 0 spiro atoms. The van der Waals surface area contributed by atoms with E-state index < -0.39 is 26.6 Å². The Morgan fingerprint density at radius 1 is 1.33 bits per heavy atom. The summed E-state index contributed by atoms with van der Waals surface area (Å²) in [5.41, 5.74) is 0. The Hall–Kier alpha value is -1.06. The molecule has 1 aromatic rings. The summed E-state index contributed by atoms with van der Waals surface area (Å²) in [7, 11) is -4.17. The Labute approximate surface area is 129 Å². The summed E-state index contributed by atoms with van der Waals surface area (Å²) in [6.07, 6.45) is 1.83. The van der Waals surface area contributed by atoms with Crippen LogP contribution in [-0.2, 0) is 14.8 Å². The van der Waals surface area contributed by atoms with Crippen LogP contribution in [0.25, 0.3) is 0 Å². The van der Waals surface area contributed by atoms with Gasteiger partial charge in [0.1, 0.15) is 16.5 Å². The summed E-state index contributed by atoms with van der Waals surface area (Å²) in [5.74, 6) is -2.35. The van der Waals surface area contributed by atoms with Gasteiger partial charge in [0.2, 0.25) is 15.9 Å². The number of rotatable bonds is 6. The topological polar surface area (TPSA) is 75.3 Å². The molecule has 5 nitrogen and oxygen atoms in total. The highest BCUT2D eigenvalue weighted by Gasteiger charge is 2.25. The number of hydrogen-bond donors (Lipinski definition) is 2. The van der Waals surface area contributed by atoms with Crippen LogP contribution in [0.3, 0.4) is 0 Å². The molecule has 1 aliphatic carbocycles. The lowest BCUT2D eigenvalue weighted by atomic mass is 10.3. The SMILES string of the molecule is O=C(CCNS(=O)(=O)c1c(F)cc(F)cc1Br)NC1CC1. The van der Waals surface area contributed by atoms with Gasteiger partial charge < -0.3 is 5.32 Å². The molecular weight excluding hydrogens is 370 g/mol. The lowest BCUT2D eigenvalue weighted by molar-refractivity contribution is -0.121. The summed E-state index contributed by atoms with van der Waals surface area (Å²) in [4.78, 5) is 10.7. The van der Waals surface area contributed by atoms with Gasteiger partial charge in [-0.2, -0.15) is 0 Å². The third-order valence-corrected chi connectivity index (χ3v) is 5.24. The molecule has 1 saturated carbocycles. The zero-order chi connectivity index (χ0) is 15.6. The molecule has 1 fully saturated rings. The van der Waals surface area contributed by atoms with Gasteiger partial charge in [-0.05, 0) is 34.8 Å². The zero-order valence-corrected chi connectivity index (χ0v) is 13.2. The van der Waals surface area contributed by atoms with E-state index in [0.29, 0.717) is 6.07 Å². The van der Waals surface area contributed by atoms with Crippen molar-refractivity contribution in [1.29, 1.82) is 0 Å². The standard InChI is InChI=1S/C12H13BrF2N2O3S/c13-9-5-7(14)6-10(15)12(9)21(19,20)16-4-3-11(18)17-8-1-2-8/h5-6,8,16H,1-4H2,(H,17,18). The maximum atomic E-state index is 13.6. The van der Waals surface area contributed by atoms with E-state index in [0.717, 1.165) is 18.9 Å². The van der Waals surface area contributed by atoms with E-state index in [9.17, 15) is 22.0 Å². The molecule has 21 heavy (non-hydrogen) atoms. The van der Waals surface area contributed by atoms with Gasteiger partial charge in [-0.25, -0.2) is 21.9 Å². The molecule has 0 bridgehead atoms. The summed E-state index contributed by atoms with van der Waals surface area (Å²) in [6.45, 7) is -0.163. The highest BCUT2D eigenvalue weighted by Crippen LogP contribution is 2.26. The highest BCUT2D eigenvalue weighted by atomic mass is 79.9. The van der Waals surface area contributed by atoms with Gasteiger partial charge in [0.05, 0.1) is 0 Å². The summed E-state index contributed by atoms with van der Waals surface area (Å²) < 4.78 is 52.4. The molecule has 9 heteroatoms. The molecule has 1 aromatic carbocycles. The van der Waals surface area contributed by atoms with Crippen molar-refractivity contribution < 1.29 is 22.0 Å². The number of benzene rings is 1. The van der Waals surface area contributed by atoms with E-state index >= 15 is 0 Å². The van der Waals surface area contributed by atoms with Gasteiger partial charge in [0.25, 0.3) is 0 Å². The second-order valence-corrected chi connectivity index (χ2v) is 7.25. The van der Waals surface area contributed by atoms with Gasteiger partial charge in [-0.15, -0.1) is 0 Å². The van der Waals surface area contributed by atoms with Crippen LogP contribution < -0.4 is 10.0 Å².